The van der Waals surface area contributed by atoms with E-state index >= 15 is 0 Å². The second-order valence-corrected chi connectivity index (χ2v) is 5.92. The Labute approximate surface area is 107 Å². The van der Waals surface area contributed by atoms with E-state index in [1.807, 2.05) is 0 Å². The van der Waals surface area contributed by atoms with Crippen molar-refractivity contribution in [1.29, 1.82) is 0 Å². The number of rotatable bonds is 3. The minimum atomic E-state index is -0.921. The molecule has 1 heterocycles. The molecule has 2 N–H and O–H groups in total. The van der Waals surface area contributed by atoms with E-state index in [0.29, 0.717) is 25.3 Å². The third-order valence-corrected chi connectivity index (χ3v) is 4.25. The standard InChI is InChI=1S/C13H21NO4/c1-9-2-4-13(18,5-3-9)8-14-7-10(12(16)17)6-11(14)15/h9-10,18H,2-8H2,1H3,(H,16,17). The van der Waals surface area contributed by atoms with Gasteiger partial charge in [-0.2, -0.15) is 0 Å². The molecule has 1 saturated carbocycles. The van der Waals surface area contributed by atoms with Gasteiger partial charge in [0.05, 0.1) is 11.5 Å². The van der Waals surface area contributed by atoms with Gasteiger partial charge < -0.3 is 15.1 Å². The van der Waals surface area contributed by atoms with Crippen molar-refractivity contribution in [2.75, 3.05) is 13.1 Å². The van der Waals surface area contributed by atoms with Gasteiger partial charge in [-0.25, -0.2) is 0 Å². The molecule has 18 heavy (non-hydrogen) atoms. The molecular weight excluding hydrogens is 234 g/mol. The van der Waals surface area contributed by atoms with Crippen LogP contribution in [0.3, 0.4) is 0 Å². The lowest BCUT2D eigenvalue weighted by Gasteiger charge is -2.37. The van der Waals surface area contributed by atoms with Crippen molar-refractivity contribution in [3.8, 4) is 0 Å². The first-order chi connectivity index (χ1) is 8.39. The summed E-state index contributed by atoms with van der Waals surface area (Å²) in [6.45, 7) is 2.70. The summed E-state index contributed by atoms with van der Waals surface area (Å²) in [4.78, 5) is 24.1. The number of carbonyl (C=O) groups is 2. The number of carbonyl (C=O) groups excluding carboxylic acids is 1. The van der Waals surface area contributed by atoms with Gasteiger partial charge in [0.2, 0.25) is 5.91 Å². The molecule has 5 heteroatoms. The van der Waals surface area contributed by atoms with E-state index in [1.165, 1.54) is 4.90 Å². The zero-order valence-electron chi connectivity index (χ0n) is 10.8. The number of nitrogens with zero attached hydrogens (tertiary/aromatic N) is 1. The maximum absolute atomic E-state index is 11.7. The molecule has 0 aromatic heterocycles. The fourth-order valence-electron chi connectivity index (χ4n) is 2.90. The predicted octanol–water partition coefficient (Wildman–Crippen LogP) is 0.861. The number of β-amino-alcohol motifs (C(OH)–C–C–N with tert-alkyl or cyclic N) is 1. The largest absolute Gasteiger partial charge is 0.481 e. The third kappa shape index (κ3) is 2.83. The van der Waals surface area contributed by atoms with Crippen molar-refractivity contribution in [1.82, 2.24) is 4.90 Å². The Morgan fingerprint density at radius 1 is 1.44 bits per heavy atom. The van der Waals surface area contributed by atoms with Crippen molar-refractivity contribution in [3.63, 3.8) is 0 Å². The zero-order valence-corrected chi connectivity index (χ0v) is 10.8. The average Bonchev–Trinajstić information content (AvgIpc) is 2.65. The molecule has 102 valence electrons. The lowest BCUT2D eigenvalue weighted by molar-refractivity contribution is -0.141. The quantitative estimate of drug-likeness (QED) is 0.784. The molecule has 5 nitrogen and oxygen atoms in total. The topological polar surface area (TPSA) is 77.8 Å². The molecule has 0 spiro atoms. The summed E-state index contributed by atoms with van der Waals surface area (Å²) in [6, 6.07) is 0. The maximum atomic E-state index is 11.7. The third-order valence-electron chi connectivity index (χ3n) is 4.25. The number of carboxylic acids is 1. The normalized spacial score (nSPS) is 37.0. The molecule has 2 aliphatic rings. The summed E-state index contributed by atoms with van der Waals surface area (Å²) in [5.74, 6) is -1.04. The Morgan fingerprint density at radius 2 is 2.06 bits per heavy atom. The van der Waals surface area contributed by atoms with Gasteiger partial charge in [-0.1, -0.05) is 6.92 Å². The van der Waals surface area contributed by atoms with Crippen molar-refractivity contribution in [3.05, 3.63) is 0 Å². The Bertz CT molecular complexity index is 347. The van der Waals surface area contributed by atoms with E-state index in [9.17, 15) is 14.7 Å². The molecule has 1 aliphatic heterocycles. The smallest absolute Gasteiger partial charge is 0.308 e. The molecule has 1 aliphatic carbocycles. The van der Waals surface area contributed by atoms with Gasteiger partial charge in [-0.05, 0) is 31.6 Å². The van der Waals surface area contributed by atoms with Crippen LogP contribution in [0.15, 0.2) is 0 Å². The van der Waals surface area contributed by atoms with E-state index in [1.54, 1.807) is 0 Å². The van der Waals surface area contributed by atoms with Crippen molar-refractivity contribution in [2.45, 2.75) is 44.6 Å². The number of aliphatic hydroxyl groups is 1. The lowest BCUT2D eigenvalue weighted by atomic mass is 9.79. The molecule has 0 radical (unpaired) electrons. The van der Waals surface area contributed by atoms with Crippen LogP contribution in [-0.4, -0.2) is 45.7 Å². The van der Waals surface area contributed by atoms with Gasteiger partial charge in [0, 0.05) is 19.5 Å². The van der Waals surface area contributed by atoms with Gasteiger partial charge in [0.1, 0.15) is 0 Å². The first kappa shape index (κ1) is 13.3. The zero-order chi connectivity index (χ0) is 13.3. The number of likely N-dealkylation sites (tertiary alicyclic amines) is 1. The first-order valence-electron chi connectivity index (χ1n) is 6.62. The number of aliphatic carboxylic acids is 1. The number of hydrogen-bond acceptors (Lipinski definition) is 3. The van der Waals surface area contributed by atoms with Crippen LogP contribution in [0.25, 0.3) is 0 Å². The molecule has 2 rings (SSSR count). The Balaban J connectivity index is 1.93. The summed E-state index contributed by atoms with van der Waals surface area (Å²) in [5.41, 5.74) is -0.810. The maximum Gasteiger partial charge on any atom is 0.308 e. The Kier molecular flexibility index (Phi) is 3.61. The Hall–Kier alpha value is -1.10. The van der Waals surface area contributed by atoms with Gasteiger partial charge in [-0.3, -0.25) is 9.59 Å². The average molecular weight is 255 g/mol. The van der Waals surface area contributed by atoms with E-state index in [2.05, 4.69) is 6.92 Å². The van der Waals surface area contributed by atoms with Crippen molar-refractivity contribution < 1.29 is 19.8 Å². The summed E-state index contributed by atoms with van der Waals surface area (Å²) in [7, 11) is 0. The molecule has 1 atom stereocenters. The van der Waals surface area contributed by atoms with Gasteiger partial charge in [0.25, 0.3) is 0 Å². The van der Waals surface area contributed by atoms with E-state index in [4.69, 9.17) is 5.11 Å². The predicted molar refractivity (Wildman–Crippen MR) is 64.9 cm³/mol. The van der Waals surface area contributed by atoms with Crippen molar-refractivity contribution >= 4 is 11.9 Å². The molecule has 1 unspecified atom stereocenters. The molecule has 1 saturated heterocycles. The van der Waals surface area contributed by atoms with Crippen LogP contribution in [0.2, 0.25) is 0 Å². The highest BCUT2D eigenvalue weighted by molar-refractivity contribution is 5.86. The van der Waals surface area contributed by atoms with E-state index in [-0.39, 0.29) is 18.9 Å². The molecule has 1 amide bonds. The van der Waals surface area contributed by atoms with Crippen LogP contribution in [0.4, 0.5) is 0 Å². The summed E-state index contributed by atoms with van der Waals surface area (Å²) in [5, 5.41) is 19.4. The van der Waals surface area contributed by atoms with Crippen LogP contribution in [0, 0.1) is 11.8 Å². The summed E-state index contributed by atoms with van der Waals surface area (Å²) >= 11 is 0. The molecule has 0 aromatic carbocycles. The highest BCUT2D eigenvalue weighted by atomic mass is 16.4. The molecule has 2 fully saturated rings. The van der Waals surface area contributed by atoms with Crippen LogP contribution >= 0.6 is 0 Å². The SMILES string of the molecule is CC1CCC(O)(CN2CC(C(=O)O)CC2=O)CC1. The van der Waals surface area contributed by atoms with Gasteiger partial charge >= 0.3 is 5.97 Å². The molecule has 0 aromatic rings. The second kappa shape index (κ2) is 4.88. The fourth-order valence-corrected chi connectivity index (χ4v) is 2.90. The summed E-state index contributed by atoms with van der Waals surface area (Å²) < 4.78 is 0. The Morgan fingerprint density at radius 3 is 2.56 bits per heavy atom. The van der Waals surface area contributed by atoms with Gasteiger partial charge in [0.15, 0.2) is 0 Å². The molecule has 0 bridgehead atoms. The minimum Gasteiger partial charge on any atom is -0.481 e. The van der Waals surface area contributed by atoms with Crippen molar-refractivity contribution in [2.24, 2.45) is 11.8 Å². The van der Waals surface area contributed by atoms with Crippen LogP contribution in [-0.2, 0) is 9.59 Å². The van der Waals surface area contributed by atoms with Crippen LogP contribution in [0.1, 0.15) is 39.0 Å². The van der Waals surface area contributed by atoms with Crippen LogP contribution < -0.4 is 0 Å². The minimum absolute atomic E-state index is 0.0712. The van der Waals surface area contributed by atoms with Crippen LogP contribution in [0.5, 0.6) is 0 Å². The number of amides is 1. The van der Waals surface area contributed by atoms with Gasteiger partial charge in [-0.15, -0.1) is 0 Å². The number of hydrogen-bond donors (Lipinski definition) is 2. The second-order valence-electron chi connectivity index (χ2n) is 5.92. The van der Waals surface area contributed by atoms with E-state index < -0.39 is 17.5 Å². The highest BCUT2D eigenvalue weighted by Crippen LogP contribution is 2.33. The molecular formula is C13H21NO4. The number of carboxylic acid groups (broad SMARTS) is 1. The first-order valence-corrected chi connectivity index (χ1v) is 6.62. The highest BCUT2D eigenvalue weighted by Gasteiger charge is 2.40. The summed E-state index contributed by atoms with van der Waals surface area (Å²) in [6.07, 6.45) is 3.43. The monoisotopic (exact) mass is 255 g/mol. The lowest BCUT2D eigenvalue weighted by Crippen LogP contribution is -2.46. The fraction of sp³-hybridized carbons (Fsp3) is 0.846. The van der Waals surface area contributed by atoms with E-state index in [0.717, 1.165) is 12.8 Å².